The molecular formula is C18H23NO. The van der Waals surface area contributed by atoms with Crippen LogP contribution in [0.25, 0.3) is 10.8 Å². The molecule has 1 saturated carbocycles. The molecule has 0 amide bonds. The molecule has 0 aliphatic heterocycles. The molecule has 0 spiro atoms. The van der Waals surface area contributed by atoms with Crippen molar-refractivity contribution in [2.75, 3.05) is 6.61 Å². The molecule has 0 aromatic heterocycles. The zero-order chi connectivity index (χ0) is 14.0. The molecular weight excluding hydrogens is 246 g/mol. The van der Waals surface area contributed by atoms with Crippen molar-refractivity contribution in [2.45, 2.75) is 44.2 Å². The summed E-state index contributed by atoms with van der Waals surface area (Å²) >= 11 is 0. The van der Waals surface area contributed by atoms with E-state index in [9.17, 15) is 5.11 Å². The van der Waals surface area contributed by atoms with Crippen LogP contribution in [0, 0.1) is 0 Å². The maximum absolute atomic E-state index is 10.00. The van der Waals surface area contributed by atoms with Crippen molar-refractivity contribution in [3.63, 3.8) is 0 Å². The molecule has 2 heteroatoms. The zero-order valence-corrected chi connectivity index (χ0v) is 12.1. The van der Waals surface area contributed by atoms with Gasteiger partial charge >= 0.3 is 0 Å². The molecule has 0 bridgehead atoms. The smallest absolute Gasteiger partial charge is 0.0652 e. The van der Waals surface area contributed by atoms with E-state index in [1.54, 1.807) is 0 Å². The Labute approximate surface area is 120 Å². The highest BCUT2D eigenvalue weighted by atomic mass is 16.3. The Hall–Kier alpha value is -1.38. The molecule has 2 N–H and O–H groups in total. The number of fused-ring (bicyclic) bond motifs is 1. The molecule has 2 aromatic rings. The number of hydrogen-bond donors (Lipinski definition) is 2. The first-order chi connectivity index (χ1) is 9.73. The van der Waals surface area contributed by atoms with Crippen LogP contribution in [0.5, 0.6) is 0 Å². The van der Waals surface area contributed by atoms with Gasteiger partial charge in [-0.15, -0.1) is 0 Å². The van der Waals surface area contributed by atoms with Crippen LogP contribution in [-0.4, -0.2) is 17.8 Å². The van der Waals surface area contributed by atoms with Crippen LogP contribution in [0.1, 0.15) is 38.2 Å². The lowest BCUT2D eigenvalue weighted by Gasteiger charge is -2.34. The average molecular weight is 269 g/mol. The van der Waals surface area contributed by atoms with Crippen LogP contribution < -0.4 is 5.32 Å². The van der Waals surface area contributed by atoms with Crippen LogP contribution in [0.4, 0.5) is 0 Å². The van der Waals surface area contributed by atoms with Gasteiger partial charge < -0.3 is 10.4 Å². The summed E-state index contributed by atoms with van der Waals surface area (Å²) in [6.07, 6.45) is 5.05. The minimum absolute atomic E-state index is 0.123. The van der Waals surface area contributed by atoms with Gasteiger partial charge in [0.1, 0.15) is 0 Å². The summed E-state index contributed by atoms with van der Waals surface area (Å²) in [4.78, 5) is 0. The van der Waals surface area contributed by atoms with E-state index in [1.807, 2.05) is 0 Å². The largest absolute Gasteiger partial charge is 0.394 e. The van der Waals surface area contributed by atoms with E-state index in [0.717, 1.165) is 0 Å². The molecule has 0 heterocycles. The van der Waals surface area contributed by atoms with Gasteiger partial charge in [-0.3, -0.25) is 0 Å². The van der Waals surface area contributed by atoms with Gasteiger partial charge in [0.2, 0.25) is 0 Å². The van der Waals surface area contributed by atoms with Crippen LogP contribution in [0.15, 0.2) is 42.5 Å². The summed E-state index contributed by atoms with van der Waals surface area (Å²) in [6.45, 7) is 2.24. The van der Waals surface area contributed by atoms with E-state index in [4.69, 9.17) is 0 Å². The van der Waals surface area contributed by atoms with Gasteiger partial charge in [0.05, 0.1) is 12.1 Å². The average Bonchev–Trinajstić information content (AvgIpc) is 2.99. The van der Waals surface area contributed by atoms with Crippen LogP contribution >= 0.6 is 0 Å². The first-order valence-corrected chi connectivity index (χ1v) is 7.60. The quantitative estimate of drug-likeness (QED) is 0.889. The molecule has 1 aliphatic rings. The van der Waals surface area contributed by atoms with Gasteiger partial charge in [-0.05, 0) is 36.1 Å². The lowest BCUT2D eigenvalue weighted by Crippen LogP contribution is -2.47. The predicted molar refractivity (Wildman–Crippen MR) is 83.8 cm³/mol. The molecule has 20 heavy (non-hydrogen) atoms. The third kappa shape index (κ3) is 2.46. The Morgan fingerprint density at radius 2 is 1.80 bits per heavy atom. The third-order valence-electron chi connectivity index (χ3n) is 4.58. The lowest BCUT2D eigenvalue weighted by atomic mass is 9.87. The Morgan fingerprint density at radius 3 is 2.55 bits per heavy atom. The summed E-state index contributed by atoms with van der Waals surface area (Å²) in [6, 6.07) is 15.3. The minimum atomic E-state index is -0.365. The predicted octanol–water partition coefficient (Wildman–Crippen LogP) is 3.58. The first-order valence-electron chi connectivity index (χ1n) is 7.60. The fourth-order valence-corrected chi connectivity index (χ4v) is 3.44. The van der Waals surface area contributed by atoms with E-state index in [0.29, 0.717) is 6.04 Å². The number of aliphatic hydroxyl groups is 1. The van der Waals surface area contributed by atoms with Crippen LogP contribution in [-0.2, 0) is 5.54 Å². The summed E-state index contributed by atoms with van der Waals surface area (Å²) in [5.41, 5.74) is 0.834. The summed E-state index contributed by atoms with van der Waals surface area (Å²) < 4.78 is 0. The molecule has 3 rings (SSSR count). The van der Waals surface area contributed by atoms with Gasteiger partial charge in [0.15, 0.2) is 0 Å². The number of aliphatic hydroxyl groups excluding tert-OH is 1. The van der Waals surface area contributed by atoms with Crippen molar-refractivity contribution in [1.82, 2.24) is 5.32 Å². The van der Waals surface area contributed by atoms with Crippen molar-refractivity contribution in [3.8, 4) is 0 Å². The van der Waals surface area contributed by atoms with E-state index < -0.39 is 0 Å². The molecule has 1 aliphatic carbocycles. The van der Waals surface area contributed by atoms with E-state index in [2.05, 4.69) is 54.7 Å². The second-order valence-electron chi connectivity index (χ2n) is 6.14. The maximum Gasteiger partial charge on any atom is 0.0652 e. The van der Waals surface area contributed by atoms with Crippen molar-refractivity contribution >= 4 is 10.8 Å². The number of hydrogen-bond acceptors (Lipinski definition) is 2. The Kier molecular flexibility index (Phi) is 3.77. The number of nitrogens with one attached hydrogen (secondary N) is 1. The van der Waals surface area contributed by atoms with Gasteiger partial charge in [-0.1, -0.05) is 55.3 Å². The van der Waals surface area contributed by atoms with Crippen LogP contribution in [0.2, 0.25) is 0 Å². The summed E-state index contributed by atoms with van der Waals surface area (Å²) in [5, 5.41) is 16.2. The summed E-state index contributed by atoms with van der Waals surface area (Å²) in [5.74, 6) is 0. The third-order valence-corrected chi connectivity index (χ3v) is 4.58. The van der Waals surface area contributed by atoms with Crippen molar-refractivity contribution in [2.24, 2.45) is 0 Å². The number of rotatable bonds is 4. The summed E-state index contributed by atoms with van der Waals surface area (Å²) in [7, 11) is 0. The SMILES string of the molecule is CC(CO)(NC1CCCC1)c1cccc2ccccc12. The van der Waals surface area contributed by atoms with Gasteiger partial charge in [-0.2, -0.15) is 0 Å². The molecule has 0 radical (unpaired) electrons. The monoisotopic (exact) mass is 269 g/mol. The standard InChI is InChI=1S/C18H23NO/c1-18(13-20,19-15-9-3-4-10-15)17-12-6-8-14-7-2-5-11-16(14)17/h2,5-8,11-12,15,19-20H,3-4,9-10,13H2,1H3. The highest BCUT2D eigenvalue weighted by Crippen LogP contribution is 2.31. The van der Waals surface area contributed by atoms with Gasteiger partial charge in [0, 0.05) is 6.04 Å². The molecule has 1 atom stereocenters. The molecule has 2 nitrogen and oxygen atoms in total. The molecule has 106 valence electrons. The van der Waals surface area contributed by atoms with E-state index in [-0.39, 0.29) is 12.1 Å². The van der Waals surface area contributed by atoms with Crippen molar-refractivity contribution in [1.29, 1.82) is 0 Å². The minimum Gasteiger partial charge on any atom is -0.394 e. The highest BCUT2D eigenvalue weighted by Gasteiger charge is 2.31. The van der Waals surface area contributed by atoms with Gasteiger partial charge in [-0.25, -0.2) is 0 Å². The van der Waals surface area contributed by atoms with Gasteiger partial charge in [0.25, 0.3) is 0 Å². The molecule has 1 unspecified atom stereocenters. The second kappa shape index (κ2) is 5.55. The fourth-order valence-electron chi connectivity index (χ4n) is 3.44. The Morgan fingerprint density at radius 1 is 1.10 bits per heavy atom. The lowest BCUT2D eigenvalue weighted by molar-refractivity contribution is 0.162. The zero-order valence-electron chi connectivity index (χ0n) is 12.1. The molecule has 2 aromatic carbocycles. The van der Waals surface area contributed by atoms with Crippen molar-refractivity contribution in [3.05, 3.63) is 48.0 Å². The Bertz CT molecular complexity index is 583. The van der Waals surface area contributed by atoms with Crippen molar-refractivity contribution < 1.29 is 5.11 Å². The second-order valence-corrected chi connectivity index (χ2v) is 6.14. The van der Waals surface area contributed by atoms with E-state index >= 15 is 0 Å². The molecule has 1 fully saturated rings. The fraction of sp³-hybridized carbons (Fsp3) is 0.444. The van der Waals surface area contributed by atoms with E-state index in [1.165, 1.54) is 42.0 Å². The first kappa shape index (κ1) is 13.6. The molecule has 0 saturated heterocycles. The number of benzene rings is 2. The normalized spacial score (nSPS) is 19.3. The van der Waals surface area contributed by atoms with Crippen LogP contribution in [0.3, 0.4) is 0 Å². The highest BCUT2D eigenvalue weighted by molar-refractivity contribution is 5.86. The Balaban J connectivity index is 2.01. The topological polar surface area (TPSA) is 32.3 Å². The maximum atomic E-state index is 10.00.